The zero-order valence-corrected chi connectivity index (χ0v) is 15.7. The molecule has 0 aliphatic carbocycles. The fourth-order valence-corrected chi connectivity index (χ4v) is 3.39. The standard InChI is InChI=1S/C20H21N7O/c1-2-17-12-26-8-7-16(9-18(26)23-17)19(28)24-20-22-13-27(25-20)11-15-5-3-14(10-21)4-6-15/h3-6,12-13,16H,2,7-9,11H2,1H3,(H,24,25,28). The molecule has 0 radical (unpaired) electrons. The number of carbonyl (C=O) groups is 1. The number of aromatic nitrogens is 5. The van der Waals surface area contributed by atoms with Crippen molar-refractivity contribution >= 4 is 11.9 Å². The first kappa shape index (κ1) is 17.9. The Morgan fingerprint density at radius 1 is 1.36 bits per heavy atom. The predicted octanol–water partition coefficient (Wildman–Crippen LogP) is 2.16. The summed E-state index contributed by atoms with van der Waals surface area (Å²) in [6.07, 6.45) is 5.99. The van der Waals surface area contributed by atoms with E-state index in [9.17, 15) is 4.79 Å². The van der Waals surface area contributed by atoms with Crippen LogP contribution in [0.3, 0.4) is 0 Å². The molecular weight excluding hydrogens is 354 g/mol. The molecule has 1 aliphatic heterocycles. The molecule has 3 aromatic rings. The first-order valence-electron chi connectivity index (χ1n) is 9.39. The van der Waals surface area contributed by atoms with Crippen molar-refractivity contribution in [2.45, 2.75) is 39.3 Å². The lowest BCUT2D eigenvalue weighted by molar-refractivity contribution is -0.120. The van der Waals surface area contributed by atoms with Gasteiger partial charge in [-0.3, -0.25) is 10.1 Å². The number of benzene rings is 1. The number of amides is 1. The van der Waals surface area contributed by atoms with Gasteiger partial charge in [0.25, 0.3) is 0 Å². The van der Waals surface area contributed by atoms with Gasteiger partial charge in [0.1, 0.15) is 12.2 Å². The van der Waals surface area contributed by atoms with Gasteiger partial charge < -0.3 is 4.57 Å². The molecule has 1 aliphatic rings. The number of nitrogens with one attached hydrogen (secondary N) is 1. The molecule has 142 valence electrons. The quantitative estimate of drug-likeness (QED) is 0.736. The molecule has 0 spiro atoms. The average molecular weight is 375 g/mol. The lowest BCUT2D eigenvalue weighted by Crippen LogP contribution is -2.30. The summed E-state index contributed by atoms with van der Waals surface area (Å²) in [6, 6.07) is 9.40. The Kier molecular flexibility index (Phi) is 4.89. The Labute approximate surface area is 162 Å². The van der Waals surface area contributed by atoms with E-state index in [1.54, 1.807) is 23.1 Å². The molecule has 8 nitrogen and oxygen atoms in total. The van der Waals surface area contributed by atoms with Crippen LogP contribution in [0.1, 0.15) is 36.0 Å². The van der Waals surface area contributed by atoms with Gasteiger partial charge in [0, 0.05) is 25.1 Å². The summed E-state index contributed by atoms with van der Waals surface area (Å²) in [6.45, 7) is 3.41. The lowest BCUT2D eigenvalue weighted by Gasteiger charge is -2.21. The minimum absolute atomic E-state index is 0.0663. The average Bonchev–Trinajstić information content (AvgIpc) is 3.34. The number of nitriles is 1. The summed E-state index contributed by atoms with van der Waals surface area (Å²) in [5.41, 5.74) is 2.70. The summed E-state index contributed by atoms with van der Waals surface area (Å²) < 4.78 is 3.81. The second-order valence-electron chi connectivity index (χ2n) is 6.95. The Morgan fingerprint density at radius 3 is 2.93 bits per heavy atom. The van der Waals surface area contributed by atoms with Gasteiger partial charge in [0.15, 0.2) is 0 Å². The van der Waals surface area contributed by atoms with Crippen molar-refractivity contribution in [3.8, 4) is 6.07 Å². The Balaban J connectivity index is 1.37. The van der Waals surface area contributed by atoms with Crippen LogP contribution in [0.2, 0.25) is 0 Å². The summed E-state index contributed by atoms with van der Waals surface area (Å²) in [5.74, 6) is 1.10. The maximum Gasteiger partial charge on any atom is 0.248 e. The maximum absolute atomic E-state index is 12.6. The monoisotopic (exact) mass is 375 g/mol. The number of aryl methyl sites for hydroxylation is 2. The summed E-state index contributed by atoms with van der Waals surface area (Å²) >= 11 is 0. The van der Waals surface area contributed by atoms with Gasteiger partial charge in [-0.25, -0.2) is 14.6 Å². The fourth-order valence-electron chi connectivity index (χ4n) is 3.39. The van der Waals surface area contributed by atoms with E-state index in [0.717, 1.165) is 36.5 Å². The highest BCUT2D eigenvalue weighted by Crippen LogP contribution is 2.21. The highest BCUT2D eigenvalue weighted by Gasteiger charge is 2.26. The van der Waals surface area contributed by atoms with Crippen molar-refractivity contribution in [3.05, 3.63) is 59.4 Å². The molecule has 0 bridgehead atoms. The van der Waals surface area contributed by atoms with Crippen LogP contribution in [-0.2, 0) is 30.7 Å². The molecule has 3 heterocycles. The number of imidazole rings is 1. The number of hydrogen-bond donors (Lipinski definition) is 1. The van der Waals surface area contributed by atoms with E-state index < -0.39 is 0 Å². The van der Waals surface area contributed by atoms with Crippen molar-refractivity contribution in [1.29, 1.82) is 5.26 Å². The zero-order chi connectivity index (χ0) is 19.5. The molecule has 28 heavy (non-hydrogen) atoms. The minimum atomic E-state index is -0.120. The van der Waals surface area contributed by atoms with Crippen LogP contribution in [0.4, 0.5) is 5.95 Å². The minimum Gasteiger partial charge on any atom is -0.335 e. The lowest BCUT2D eigenvalue weighted by atomic mass is 9.97. The molecule has 0 fully saturated rings. The number of carbonyl (C=O) groups excluding carboxylic acids is 1. The number of nitrogens with zero attached hydrogens (tertiary/aromatic N) is 6. The Morgan fingerprint density at radius 2 is 2.18 bits per heavy atom. The third kappa shape index (κ3) is 3.78. The molecule has 1 N–H and O–H groups in total. The van der Waals surface area contributed by atoms with Crippen molar-refractivity contribution in [2.75, 3.05) is 5.32 Å². The SMILES string of the molecule is CCc1cn2c(n1)CC(C(=O)Nc1ncn(Cc3ccc(C#N)cc3)n1)CC2. The molecule has 2 aromatic heterocycles. The summed E-state index contributed by atoms with van der Waals surface area (Å²) in [7, 11) is 0. The third-order valence-electron chi connectivity index (χ3n) is 4.99. The third-order valence-corrected chi connectivity index (χ3v) is 4.99. The van der Waals surface area contributed by atoms with E-state index in [1.807, 2.05) is 12.1 Å². The van der Waals surface area contributed by atoms with Gasteiger partial charge in [-0.15, -0.1) is 5.10 Å². The van der Waals surface area contributed by atoms with Crippen LogP contribution < -0.4 is 5.32 Å². The van der Waals surface area contributed by atoms with E-state index in [2.05, 4.69) is 44.1 Å². The topological polar surface area (TPSA) is 101 Å². The molecule has 0 saturated carbocycles. The molecule has 1 amide bonds. The van der Waals surface area contributed by atoms with Crippen LogP contribution in [-0.4, -0.2) is 30.2 Å². The Hall–Kier alpha value is -3.47. The van der Waals surface area contributed by atoms with E-state index in [4.69, 9.17) is 5.26 Å². The van der Waals surface area contributed by atoms with E-state index >= 15 is 0 Å². The zero-order valence-electron chi connectivity index (χ0n) is 15.7. The fraction of sp³-hybridized carbons (Fsp3) is 0.350. The van der Waals surface area contributed by atoms with E-state index in [-0.39, 0.29) is 11.8 Å². The maximum atomic E-state index is 12.6. The number of anilines is 1. The van der Waals surface area contributed by atoms with Crippen molar-refractivity contribution < 1.29 is 4.79 Å². The molecule has 1 atom stereocenters. The predicted molar refractivity (Wildman–Crippen MR) is 102 cm³/mol. The molecule has 1 aromatic carbocycles. The van der Waals surface area contributed by atoms with E-state index in [1.165, 1.54) is 0 Å². The van der Waals surface area contributed by atoms with Gasteiger partial charge >= 0.3 is 0 Å². The van der Waals surface area contributed by atoms with Crippen LogP contribution >= 0.6 is 0 Å². The van der Waals surface area contributed by atoms with Crippen LogP contribution in [0, 0.1) is 17.2 Å². The summed E-state index contributed by atoms with van der Waals surface area (Å²) in [5, 5.41) is 16.0. The van der Waals surface area contributed by atoms with E-state index in [0.29, 0.717) is 24.5 Å². The second kappa shape index (κ2) is 7.64. The highest BCUT2D eigenvalue weighted by molar-refractivity contribution is 5.91. The van der Waals surface area contributed by atoms with Crippen LogP contribution in [0.25, 0.3) is 0 Å². The second-order valence-corrected chi connectivity index (χ2v) is 6.95. The number of rotatable bonds is 5. The van der Waals surface area contributed by atoms with Crippen LogP contribution in [0.15, 0.2) is 36.8 Å². The van der Waals surface area contributed by atoms with Gasteiger partial charge in [0.2, 0.25) is 11.9 Å². The first-order valence-corrected chi connectivity index (χ1v) is 9.39. The Bertz CT molecular complexity index is 1030. The smallest absolute Gasteiger partial charge is 0.248 e. The normalized spacial score (nSPS) is 15.6. The van der Waals surface area contributed by atoms with Gasteiger partial charge in [-0.05, 0) is 30.5 Å². The van der Waals surface area contributed by atoms with Gasteiger partial charge in [-0.2, -0.15) is 5.26 Å². The molecule has 8 heteroatoms. The molecule has 4 rings (SSSR count). The number of fused-ring (bicyclic) bond motifs is 1. The van der Waals surface area contributed by atoms with Crippen LogP contribution in [0.5, 0.6) is 0 Å². The van der Waals surface area contributed by atoms with Crippen molar-refractivity contribution in [3.63, 3.8) is 0 Å². The van der Waals surface area contributed by atoms with Gasteiger partial charge in [-0.1, -0.05) is 19.1 Å². The molecule has 1 unspecified atom stereocenters. The van der Waals surface area contributed by atoms with Crippen molar-refractivity contribution in [2.24, 2.45) is 5.92 Å². The largest absolute Gasteiger partial charge is 0.335 e. The summed E-state index contributed by atoms with van der Waals surface area (Å²) in [4.78, 5) is 21.4. The molecule has 0 saturated heterocycles. The van der Waals surface area contributed by atoms with Crippen molar-refractivity contribution in [1.82, 2.24) is 24.3 Å². The number of hydrogen-bond acceptors (Lipinski definition) is 5. The van der Waals surface area contributed by atoms with Gasteiger partial charge in [0.05, 0.1) is 23.9 Å². The first-order chi connectivity index (χ1) is 13.6. The highest BCUT2D eigenvalue weighted by atomic mass is 16.2. The molecular formula is C20H21N7O.